The molecule has 2 aromatic rings. The van der Waals surface area contributed by atoms with Gasteiger partial charge in [0.15, 0.2) is 5.82 Å². The van der Waals surface area contributed by atoms with Gasteiger partial charge >= 0.3 is 0 Å². The fraction of sp³-hybridized carbons (Fsp3) is 0.471. The first-order valence-corrected chi connectivity index (χ1v) is 7.92. The maximum absolute atomic E-state index is 9.27. The number of hydrogen-bond acceptors (Lipinski definition) is 5. The number of rotatable bonds is 4. The lowest BCUT2D eigenvalue weighted by Gasteiger charge is -2.32. The molecule has 6 nitrogen and oxygen atoms in total. The van der Waals surface area contributed by atoms with Gasteiger partial charge in [-0.05, 0) is 31.0 Å². The third kappa shape index (κ3) is 3.26. The van der Waals surface area contributed by atoms with Crippen LogP contribution < -0.4 is 0 Å². The summed E-state index contributed by atoms with van der Waals surface area (Å²) in [7, 11) is 1.91. The smallest absolute Gasteiger partial charge is 0.158 e. The minimum absolute atomic E-state index is 0.0878. The Kier molecular flexibility index (Phi) is 4.70. The first-order chi connectivity index (χ1) is 11.2. The zero-order chi connectivity index (χ0) is 16.2. The molecular formula is C17H21N5O. The van der Waals surface area contributed by atoms with Crippen molar-refractivity contribution in [1.82, 2.24) is 19.7 Å². The molecule has 6 heteroatoms. The molecule has 1 unspecified atom stereocenters. The van der Waals surface area contributed by atoms with E-state index in [4.69, 9.17) is 0 Å². The van der Waals surface area contributed by atoms with Crippen LogP contribution in [0.25, 0.3) is 0 Å². The topological polar surface area (TPSA) is 78.0 Å². The quantitative estimate of drug-likeness (QED) is 0.927. The van der Waals surface area contributed by atoms with Gasteiger partial charge in [-0.2, -0.15) is 5.26 Å². The van der Waals surface area contributed by atoms with E-state index in [2.05, 4.69) is 21.2 Å². The zero-order valence-electron chi connectivity index (χ0n) is 13.3. The first-order valence-electron chi connectivity index (χ1n) is 7.92. The van der Waals surface area contributed by atoms with Gasteiger partial charge in [-0.25, -0.2) is 0 Å². The van der Waals surface area contributed by atoms with E-state index >= 15 is 0 Å². The minimum Gasteiger partial charge on any atom is -0.388 e. The standard InChI is InChI=1S/C17H21N5O/c1-21-16(12-23)19-20-17(21)15-7-4-8-22(11-15)10-14-6-3-2-5-13(14)9-18/h2-3,5-6,15,23H,4,7-8,10-12H2,1H3. The predicted molar refractivity (Wildman–Crippen MR) is 85.3 cm³/mol. The number of aliphatic hydroxyl groups is 1. The van der Waals surface area contributed by atoms with Gasteiger partial charge in [0.25, 0.3) is 0 Å². The molecule has 120 valence electrons. The summed E-state index contributed by atoms with van der Waals surface area (Å²) in [5, 5.41) is 26.8. The summed E-state index contributed by atoms with van der Waals surface area (Å²) in [5.74, 6) is 1.86. The van der Waals surface area contributed by atoms with E-state index in [1.54, 1.807) is 0 Å². The Morgan fingerprint density at radius 1 is 1.35 bits per heavy atom. The van der Waals surface area contributed by atoms with Gasteiger partial charge in [0, 0.05) is 26.1 Å². The van der Waals surface area contributed by atoms with E-state index in [1.165, 1.54) is 0 Å². The van der Waals surface area contributed by atoms with Gasteiger partial charge in [-0.1, -0.05) is 18.2 Å². The predicted octanol–water partition coefficient (Wildman–Crippen LogP) is 1.56. The number of likely N-dealkylation sites (tertiary alicyclic amines) is 1. The van der Waals surface area contributed by atoms with Crippen molar-refractivity contribution in [3.8, 4) is 6.07 Å². The zero-order valence-corrected chi connectivity index (χ0v) is 13.3. The fourth-order valence-corrected chi connectivity index (χ4v) is 3.29. The Morgan fingerprint density at radius 3 is 2.91 bits per heavy atom. The minimum atomic E-state index is -0.0878. The van der Waals surface area contributed by atoms with Crippen LogP contribution in [0.3, 0.4) is 0 Å². The van der Waals surface area contributed by atoms with Crippen LogP contribution in [0, 0.1) is 11.3 Å². The summed E-state index contributed by atoms with van der Waals surface area (Å²) in [6.07, 6.45) is 2.18. The number of nitrogens with zero attached hydrogens (tertiary/aromatic N) is 5. The Morgan fingerprint density at radius 2 is 2.17 bits per heavy atom. The Labute approximate surface area is 136 Å². The second-order valence-electron chi connectivity index (χ2n) is 6.03. The number of nitriles is 1. The Balaban J connectivity index is 1.73. The van der Waals surface area contributed by atoms with Crippen LogP contribution in [0.5, 0.6) is 0 Å². The molecule has 1 aromatic carbocycles. The van der Waals surface area contributed by atoms with Crippen LogP contribution in [0.1, 0.15) is 41.5 Å². The summed E-state index contributed by atoms with van der Waals surface area (Å²) in [6.45, 7) is 2.62. The van der Waals surface area contributed by atoms with E-state index in [9.17, 15) is 10.4 Å². The molecule has 0 spiro atoms. The largest absolute Gasteiger partial charge is 0.388 e. The molecule has 1 fully saturated rings. The highest BCUT2D eigenvalue weighted by Gasteiger charge is 2.26. The number of aromatic nitrogens is 3. The molecule has 0 aliphatic carbocycles. The van der Waals surface area contributed by atoms with Crippen LogP contribution in [0.15, 0.2) is 24.3 Å². The third-order valence-electron chi connectivity index (χ3n) is 4.54. The molecule has 2 heterocycles. The van der Waals surface area contributed by atoms with E-state index in [1.807, 2.05) is 35.9 Å². The summed E-state index contributed by atoms with van der Waals surface area (Å²) in [4.78, 5) is 2.37. The molecule has 23 heavy (non-hydrogen) atoms. The fourth-order valence-electron chi connectivity index (χ4n) is 3.29. The highest BCUT2D eigenvalue weighted by Crippen LogP contribution is 2.27. The highest BCUT2D eigenvalue weighted by molar-refractivity contribution is 5.37. The molecule has 1 saturated heterocycles. The molecule has 1 aromatic heterocycles. The Hall–Kier alpha value is -2.23. The van der Waals surface area contributed by atoms with Crippen LogP contribution in [-0.2, 0) is 20.2 Å². The number of benzene rings is 1. The van der Waals surface area contributed by atoms with Crippen molar-refractivity contribution in [2.45, 2.75) is 31.9 Å². The maximum atomic E-state index is 9.27. The van der Waals surface area contributed by atoms with Crippen LogP contribution in [0.2, 0.25) is 0 Å². The SMILES string of the molecule is Cn1c(CO)nnc1C1CCCN(Cc2ccccc2C#N)C1. The third-order valence-corrected chi connectivity index (χ3v) is 4.54. The average molecular weight is 311 g/mol. The molecule has 1 aliphatic heterocycles. The molecule has 1 N–H and O–H groups in total. The highest BCUT2D eigenvalue weighted by atomic mass is 16.3. The van der Waals surface area contributed by atoms with Crippen molar-refractivity contribution < 1.29 is 5.11 Å². The van der Waals surface area contributed by atoms with Gasteiger partial charge in [-0.3, -0.25) is 4.90 Å². The van der Waals surface area contributed by atoms with Gasteiger partial charge in [-0.15, -0.1) is 10.2 Å². The van der Waals surface area contributed by atoms with E-state index in [0.29, 0.717) is 11.7 Å². The lowest BCUT2D eigenvalue weighted by Crippen LogP contribution is -2.35. The summed E-state index contributed by atoms with van der Waals surface area (Å²) in [6, 6.07) is 10.0. The van der Waals surface area contributed by atoms with Crippen LogP contribution >= 0.6 is 0 Å². The van der Waals surface area contributed by atoms with Gasteiger partial charge in [0.1, 0.15) is 12.4 Å². The molecular weight excluding hydrogens is 290 g/mol. The van der Waals surface area contributed by atoms with Crippen LogP contribution in [0.4, 0.5) is 0 Å². The van der Waals surface area contributed by atoms with Gasteiger partial charge in [0.05, 0.1) is 11.6 Å². The van der Waals surface area contributed by atoms with Crippen molar-refractivity contribution in [3.05, 3.63) is 47.0 Å². The summed E-state index contributed by atoms with van der Waals surface area (Å²) in [5.41, 5.74) is 1.82. The van der Waals surface area contributed by atoms with Crippen molar-refractivity contribution >= 4 is 0 Å². The normalized spacial score (nSPS) is 18.7. The lowest BCUT2D eigenvalue weighted by molar-refractivity contribution is 0.194. The average Bonchev–Trinajstić information content (AvgIpc) is 2.96. The summed E-state index contributed by atoms with van der Waals surface area (Å²) >= 11 is 0. The van der Waals surface area contributed by atoms with Crippen molar-refractivity contribution in [2.75, 3.05) is 13.1 Å². The van der Waals surface area contributed by atoms with E-state index in [-0.39, 0.29) is 6.61 Å². The van der Waals surface area contributed by atoms with Crippen LogP contribution in [-0.4, -0.2) is 37.9 Å². The molecule has 0 saturated carbocycles. The maximum Gasteiger partial charge on any atom is 0.158 e. The molecule has 0 radical (unpaired) electrons. The van der Waals surface area contributed by atoms with E-state index in [0.717, 1.165) is 49.4 Å². The number of hydrogen-bond donors (Lipinski definition) is 1. The Bertz CT molecular complexity index is 718. The number of piperidine rings is 1. The molecule has 3 rings (SSSR count). The van der Waals surface area contributed by atoms with Crippen molar-refractivity contribution in [3.63, 3.8) is 0 Å². The second kappa shape index (κ2) is 6.90. The summed E-state index contributed by atoms with van der Waals surface area (Å²) < 4.78 is 1.90. The van der Waals surface area contributed by atoms with Crippen molar-refractivity contribution in [2.24, 2.45) is 7.05 Å². The van der Waals surface area contributed by atoms with Gasteiger partial charge in [0.2, 0.25) is 0 Å². The monoisotopic (exact) mass is 311 g/mol. The first kappa shape index (κ1) is 15.7. The molecule has 1 aliphatic rings. The molecule has 0 bridgehead atoms. The van der Waals surface area contributed by atoms with Crippen molar-refractivity contribution in [1.29, 1.82) is 5.26 Å². The molecule has 1 atom stereocenters. The van der Waals surface area contributed by atoms with Gasteiger partial charge < -0.3 is 9.67 Å². The lowest BCUT2D eigenvalue weighted by atomic mass is 9.96. The van der Waals surface area contributed by atoms with E-state index < -0.39 is 0 Å². The number of aliphatic hydroxyl groups excluding tert-OH is 1. The molecule has 0 amide bonds. The second-order valence-corrected chi connectivity index (χ2v) is 6.03.